The van der Waals surface area contributed by atoms with Crippen LogP contribution in [0.1, 0.15) is 66.8 Å². The molecule has 0 unspecified atom stereocenters. The zero-order valence-electron chi connectivity index (χ0n) is 19.9. The summed E-state index contributed by atoms with van der Waals surface area (Å²) in [6.07, 6.45) is 2.25. The van der Waals surface area contributed by atoms with Gasteiger partial charge in [0.2, 0.25) is 10.0 Å². The van der Waals surface area contributed by atoms with Crippen LogP contribution in [0.3, 0.4) is 0 Å². The van der Waals surface area contributed by atoms with E-state index >= 15 is 0 Å². The molecule has 1 amide bonds. The van der Waals surface area contributed by atoms with Crippen molar-refractivity contribution in [2.75, 3.05) is 13.1 Å². The summed E-state index contributed by atoms with van der Waals surface area (Å²) in [5.41, 5.74) is 2.42. The van der Waals surface area contributed by atoms with Crippen molar-refractivity contribution in [3.63, 3.8) is 0 Å². The molecule has 6 nitrogen and oxygen atoms in total. The van der Waals surface area contributed by atoms with Crippen LogP contribution in [-0.2, 0) is 16.4 Å². The number of amides is 1. The number of benzene rings is 2. The number of ketones is 1. The topological polar surface area (TPSA) is 83.6 Å². The number of nitrogens with one attached hydrogen (secondary N) is 1. The predicted molar refractivity (Wildman–Crippen MR) is 130 cm³/mol. The summed E-state index contributed by atoms with van der Waals surface area (Å²) in [5.74, 6) is 0.496. The Morgan fingerprint density at radius 3 is 1.97 bits per heavy atom. The van der Waals surface area contributed by atoms with Gasteiger partial charge in [0.25, 0.3) is 5.91 Å². The Labute approximate surface area is 197 Å². The maximum absolute atomic E-state index is 12.9. The van der Waals surface area contributed by atoms with Gasteiger partial charge in [0.05, 0.1) is 4.90 Å². The molecule has 3 rings (SSSR count). The Hall–Kier alpha value is -2.51. The standard InChI is InChI=1S/C26H34N2O4S/c1-18(2)17-20-5-7-21(8-6-20)25(29)22-13-15-28(16-14-22)26(30)23-9-11-24(12-10-23)33(31,32)27-19(3)4/h5-12,18-19,22,27H,13-17H2,1-4H3. The number of nitrogens with zero attached hydrogens (tertiary/aromatic N) is 1. The molecule has 0 aliphatic carbocycles. The van der Waals surface area contributed by atoms with Crippen molar-refractivity contribution >= 4 is 21.7 Å². The second kappa shape index (κ2) is 10.6. The number of Topliss-reactive ketones (excluding diaryl/α,β-unsaturated/α-hetero) is 1. The molecule has 0 aromatic heterocycles. The molecule has 1 N–H and O–H groups in total. The molecule has 178 valence electrons. The van der Waals surface area contributed by atoms with Gasteiger partial charge in [0.15, 0.2) is 5.78 Å². The highest BCUT2D eigenvalue weighted by molar-refractivity contribution is 7.89. The van der Waals surface area contributed by atoms with Crippen LogP contribution < -0.4 is 4.72 Å². The predicted octanol–water partition coefficient (Wildman–Crippen LogP) is 4.31. The van der Waals surface area contributed by atoms with Crippen LogP contribution in [0.25, 0.3) is 0 Å². The largest absolute Gasteiger partial charge is 0.339 e. The Balaban J connectivity index is 1.58. The van der Waals surface area contributed by atoms with E-state index in [-0.39, 0.29) is 28.5 Å². The van der Waals surface area contributed by atoms with Gasteiger partial charge < -0.3 is 4.90 Å². The van der Waals surface area contributed by atoms with Gasteiger partial charge in [-0.05, 0) is 68.9 Å². The first-order valence-corrected chi connectivity index (χ1v) is 13.1. The molecule has 0 bridgehead atoms. The lowest BCUT2D eigenvalue weighted by molar-refractivity contribution is 0.0650. The molecular formula is C26H34N2O4S. The fourth-order valence-corrected chi connectivity index (χ4v) is 5.45. The minimum Gasteiger partial charge on any atom is -0.339 e. The summed E-state index contributed by atoms with van der Waals surface area (Å²) in [6, 6.07) is 13.7. The third-order valence-corrected chi connectivity index (χ3v) is 7.51. The fourth-order valence-electron chi connectivity index (χ4n) is 4.19. The number of piperidine rings is 1. The first-order valence-electron chi connectivity index (χ1n) is 11.6. The lowest BCUT2D eigenvalue weighted by Gasteiger charge is -2.31. The molecule has 0 saturated carbocycles. The van der Waals surface area contributed by atoms with Crippen LogP contribution in [0, 0.1) is 11.8 Å². The maximum Gasteiger partial charge on any atom is 0.253 e. The van der Waals surface area contributed by atoms with Crippen molar-refractivity contribution in [1.82, 2.24) is 9.62 Å². The van der Waals surface area contributed by atoms with E-state index in [2.05, 4.69) is 18.6 Å². The molecule has 0 spiro atoms. The van der Waals surface area contributed by atoms with E-state index in [9.17, 15) is 18.0 Å². The van der Waals surface area contributed by atoms with Crippen molar-refractivity contribution in [2.24, 2.45) is 11.8 Å². The van der Waals surface area contributed by atoms with Crippen LogP contribution in [0.15, 0.2) is 53.4 Å². The number of rotatable bonds is 8. The summed E-state index contributed by atoms with van der Waals surface area (Å²) in [6.45, 7) is 8.88. The number of sulfonamides is 1. The monoisotopic (exact) mass is 470 g/mol. The molecule has 1 fully saturated rings. The number of hydrogen-bond donors (Lipinski definition) is 1. The number of carbonyl (C=O) groups is 2. The van der Waals surface area contributed by atoms with E-state index in [0.29, 0.717) is 37.4 Å². The Morgan fingerprint density at radius 1 is 0.909 bits per heavy atom. The second-order valence-electron chi connectivity index (χ2n) is 9.53. The fraction of sp³-hybridized carbons (Fsp3) is 0.462. The van der Waals surface area contributed by atoms with Gasteiger partial charge in [-0.15, -0.1) is 0 Å². The van der Waals surface area contributed by atoms with Crippen molar-refractivity contribution in [1.29, 1.82) is 0 Å². The molecule has 1 heterocycles. The molecule has 1 saturated heterocycles. The van der Waals surface area contributed by atoms with Gasteiger partial charge in [-0.25, -0.2) is 13.1 Å². The van der Waals surface area contributed by atoms with Gasteiger partial charge in [-0.3, -0.25) is 9.59 Å². The highest BCUT2D eigenvalue weighted by Gasteiger charge is 2.28. The SMILES string of the molecule is CC(C)Cc1ccc(C(=O)C2CCN(C(=O)c3ccc(S(=O)(=O)NC(C)C)cc3)CC2)cc1. The number of hydrogen-bond acceptors (Lipinski definition) is 4. The average Bonchev–Trinajstić information content (AvgIpc) is 2.77. The zero-order chi connectivity index (χ0) is 24.2. The van der Waals surface area contributed by atoms with Crippen molar-refractivity contribution in [2.45, 2.75) is 57.9 Å². The van der Waals surface area contributed by atoms with E-state index < -0.39 is 10.0 Å². The van der Waals surface area contributed by atoms with Crippen molar-refractivity contribution in [3.05, 3.63) is 65.2 Å². The smallest absolute Gasteiger partial charge is 0.253 e. The Morgan fingerprint density at radius 2 is 1.45 bits per heavy atom. The summed E-state index contributed by atoms with van der Waals surface area (Å²) < 4.78 is 27.1. The highest BCUT2D eigenvalue weighted by atomic mass is 32.2. The van der Waals surface area contributed by atoms with E-state index in [0.717, 1.165) is 12.0 Å². The molecule has 7 heteroatoms. The van der Waals surface area contributed by atoms with Gasteiger partial charge in [-0.1, -0.05) is 38.1 Å². The Kier molecular flexibility index (Phi) is 8.08. The maximum atomic E-state index is 12.9. The van der Waals surface area contributed by atoms with Gasteiger partial charge in [0, 0.05) is 36.2 Å². The Bertz CT molecular complexity index is 1070. The molecule has 0 radical (unpaired) electrons. The highest BCUT2D eigenvalue weighted by Crippen LogP contribution is 2.24. The minimum absolute atomic E-state index is 0.0837. The van der Waals surface area contributed by atoms with Crippen molar-refractivity contribution in [3.8, 4) is 0 Å². The van der Waals surface area contributed by atoms with Gasteiger partial charge >= 0.3 is 0 Å². The lowest BCUT2D eigenvalue weighted by Crippen LogP contribution is -2.40. The second-order valence-corrected chi connectivity index (χ2v) is 11.2. The van der Waals surface area contributed by atoms with Crippen LogP contribution in [-0.4, -0.2) is 44.1 Å². The molecule has 1 aliphatic rings. The lowest BCUT2D eigenvalue weighted by atomic mass is 9.88. The normalized spacial score (nSPS) is 15.3. The quantitative estimate of drug-likeness (QED) is 0.583. The summed E-state index contributed by atoms with van der Waals surface area (Å²) in [4.78, 5) is 27.7. The summed E-state index contributed by atoms with van der Waals surface area (Å²) in [7, 11) is -3.59. The number of likely N-dealkylation sites (tertiary alicyclic amines) is 1. The van der Waals surface area contributed by atoms with E-state index in [1.165, 1.54) is 17.7 Å². The molecular weight excluding hydrogens is 436 g/mol. The third-order valence-electron chi connectivity index (χ3n) is 5.84. The van der Waals surface area contributed by atoms with Crippen LogP contribution in [0.5, 0.6) is 0 Å². The van der Waals surface area contributed by atoms with Crippen LogP contribution >= 0.6 is 0 Å². The molecule has 0 atom stereocenters. The third kappa shape index (κ3) is 6.51. The van der Waals surface area contributed by atoms with E-state index in [4.69, 9.17) is 0 Å². The van der Waals surface area contributed by atoms with E-state index in [1.54, 1.807) is 30.9 Å². The minimum atomic E-state index is -3.59. The van der Waals surface area contributed by atoms with Crippen LogP contribution in [0.4, 0.5) is 0 Å². The molecule has 2 aromatic carbocycles. The first-order chi connectivity index (χ1) is 15.6. The van der Waals surface area contributed by atoms with E-state index in [1.807, 2.05) is 24.3 Å². The summed E-state index contributed by atoms with van der Waals surface area (Å²) in [5, 5.41) is 0. The summed E-state index contributed by atoms with van der Waals surface area (Å²) >= 11 is 0. The average molecular weight is 471 g/mol. The molecule has 1 aliphatic heterocycles. The molecule has 33 heavy (non-hydrogen) atoms. The van der Waals surface area contributed by atoms with Crippen LogP contribution in [0.2, 0.25) is 0 Å². The number of carbonyl (C=O) groups excluding carboxylic acids is 2. The van der Waals surface area contributed by atoms with Gasteiger partial charge in [0.1, 0.15) is 0 Å². The first kappa shape index (κ1) is 25.1. The van der Waals surface area contributed by atoms with Crippen molar-refractivity contribution < 1.29 is 18.0 Å². The van der Waals surface area contributed by atoms with Gasteiger partial charge in [-0.2, -0.15) is 0 Å². The zero-order valence-corrected chi connectivity index (χ0v) is 20.7. The molecule has 2 aromatic rings.